The second-order valence-electron chi connectivity index (χ2n) is 6.18. The fraction of sp³-hybridized carbons (Fsp3) is 0.647. The Labute approximate surface area is 121 Å². The highest BCUT2D eigenvalue weighted by Crippen LogP contribution is 2.39. The first-order valence-electron chi connectivity index (χ1n) is 7.90. The van der Waals surface area contributed by atoms with Crippen molar-refractivity contribution in [2.45, 2.75) is 44.9 Å². The van der Waals surface area contributed by atoms with Gasteiger partial charge in [-0.3, -0.25) is 0 Å². The molecule has 2 heterocycles. The van der Waals surface area contributed by atoms with Crippen molar-refractivity contribution >= 4 is 0 Å². The van der Waals surface area contributed by atoms with E-state index in [9.17, 15) is 0 Å². The topological polar surface area (TPSA) is 30.5 Å². The van der Waals surface area contributed by atoms with Gasteiger partial charge >= 0.3 is 0 Å². The monoisotopic (exact) mass is 275 g/mol. The molecule has 2 aliphatic rings. The third-order valence-corrected chi connectivity index (χ3v) is 4.31. The van der Waals surface area contributed by atoms with Crippen LogP contribution in [0.1, 0.15) is 56.1 Å². The average molecular weight is 275 g/mol. The predicted octanol–water partition coefficient (Wildman–Crippen LogP) is 3.44. The molecule has 0 aromatic heterocycles. The van der Waals surface area contributed by atoms with Crippen LogP contribution in [-0.2, 0) is 0 Å². The maximum atomic E-state index is 5.87. The van der Waals surface area contributed by atoms with Gasteiger partial charge in [-0.25, -0.2) is 0 Å². The van der Waals surface area contributed by atoms with Crippen LogP contribution in [0.15, 0.2) is 12.1 Å². The van der Waals surface area contributed by atoms with Crippen molar-refractivity contribution in [3.05, 3.63) is 23.3 Å². The van der Waals surface area contributed by atoms with Crippen molar-refractivity contribution in [2.24, 2.45) is 0 Å². The van der Waals surface area contributed by atoms with Crippen molar-refractivity contribution in [2.75, 3.05) is 26.3 Å². The molecule has 1 unspecified atom stereocenters. The molecule has 1 atom stereocenters. The quantitative estimate of drug-likeness (QED) is 0.897. The van der Waals surface area contributed by atoms with Crippen molar-refractivity contribution in [1.82, 2.24) is 5.32 Å². The number of rotatable bonds is 2. The Morgan fingerprint density at radius 1 is 1.10 bits per heavy atom. The Morgan fingerprint density at radius 2 is 1.85 bits per heavy atom. The molecule has 1 aromatic rings. The summed E-state index contributed by atoms with van der Waals surface area (Å²) in [6.45, 7) is 8.28. The lowest BCUT2D eigenvalue weighted by Crippen LogP contribution is -2.29. The minimum Gasteiger partial charge on any atom is -0.490 e. The van der Waals surface area contributed by atoms with E-state index in [1.807, 2.05) is 0 Å². The van der Waals surface area contributed by atoms with Gasteiger partial charge in [0.15, 0.2) is 11.5 Å². The smallest absolute Gasteiger partial charge is 0.161 e. The van der Waals surface area contributed by atoms with Gasteiger partial charge in [-0.1, -0.05) is 13.8 Å². The van der Waals surface area contributed by atoms with Crippen LogP contribution in [0.5, 0.6) is 11.5 Å². The van der Waals surface area contributed by atoms with Gasteiger partial charge in [-0.15, -0.1) is 0 Å². The molecular weight excluding hydrogens is 250 g/mol. The maximum absolute atomic E-state index is 5.87. The second kappa shape index (κ2) is 6.04. The SMILES string of the molecule is CC(C)c1cc2c(cc1C1CCCNC1)OCCCO2. The normalized spacial score (nSPS) is 22.6. The van der Waals surface area contributed by atoms with E-state index >= 15 is 0 Å². The Balaban J connectivity index is 1.99. The van der Waals surface area contributed by atoms with Gasteiger partial charge in [0, 0.05) is 13.0 Å². The van der Waals surface area contributed by atoms with Gasteiger partial charge in [0.05, 0.1) is 13.2 Å². The minimum absolute atomic E-state index is 0.518. The largest absolute Gasteiger partial charge is 0.490 e. The van der Waals surface area contributed by atoms with Gasteiger partial charge in [0.25, 0.3) is 0 Å². The zero-order valence-corrected chi connectivity index (χ0v) is 12.6. The fourth-order valence-electron chi connectivity index (χ4n) is 3.21. The predicted molar refractivity (Wildman–Crippen MR) is 81.0 cm³/mol. The van der Waals surface area contributed by atoms with Crippen LogP contribution >= 0.6 is 0 Å². The summed E-state index contributed by atoms with van der Waals surface area (Å²) in [4.78, 5) is 0. The summed E-state index contributed by atoms with van der Waals surface area (Å²) in [6.07, 6.45) is 3.50. The lowest BCUT2D eigenvalue weighted by Gasteiger charge is -2.27. The third-order valence-electron chi connectivity index (χ3n) is 4.31. The van der Waals surface area contributed by atoms with Crippen molar-refractivity contribution < 1.29 is 9.47 Å². The molecule has 1 N–H and O–H groups in total. The lowest BCUT2D eigenvalue weighted by atomic mass is 9.84. The van der Waals surface area contributed by atoms with E-state index in [0.717, 1.165) is 44.2 Å². The molecule has 0 bridgehead atoms. The standard InChI is InChI=1S/C17H25NO2/c1-12(2)14-9-16-17(20-8-4-7-19-16)10-15(14)13-5-3-6-18-11-13/h9-10,12-13,18H,3-8,11H2,1-2H3. The summed E-state index contributed by atoms with van der Waals surface area (Å²) in [6, 6.07) is 4.46. The van der Waals surface area contributed by atoms with Crippen molar-refractivity contribution in [3.63, 3.8) is 0 Å². The first-order chi connectivity index (χ1) is 9.75. The van der Waals surface area contributed by atoms with Gasteiger partial charge in [-0.2, -0.15) is 0 Å². The van der Waals surface area contributed by atoms with E-state index < -0.39 is 0 Å². The second-order valence-corrected chi connectivity index (χ2v) is 6.18. The molecule has 0 aliphatic carbocycles. The van der Waals surface area contributed by atoms with Gasteiger partial charge in [0.2, 0.25) is 0 Å². The average Bonchev–Trinajstić information content (AvgIpc) is 2.71. The number of nitrogens with one attached hydrogen (secondary N) is 1. The van der Waals surface area contributed by atoms with Gasteiger partial charge < -0.3 is 14.8 Å². The molecule has 1 fully saturated rings. The molecule has 20 heavy (non-hydrogen) atoms. The number of piperidine rings is 1. The van der Waals surface area contributed by atoms with Crippen LogP contribution in [0.4, 0.5) is 0 Å². The molecule has 0 amide bonds. The molecular formula is C17H25NO2. The lowest BCUT2D eigenvalue weighted by molar-refractivity contribution is 0.297. The third kappa shape index (κ3) is 2.78. The summed E-state index contributed by atoms with van der Waals surface area (Å²) in [5.41, 5.74) is 2.87. The van der Waals surface area contributed by atoms with E-state index in [2.05, 4.69) is 31.3 Å². The molecule has 2 aliphatic heterocycles. The Morgan fingerprint density at radius 3 is 2.50 bits per heavy atom. The van der Waals surface area contributed by atoms with Crippen molar-refractivity contribution in [3.8, 4) is 11.5 Å². The highest BCUT2D eigenvalue weighted by Gasteiger charge is 2.23. The number of hydrogen-bond donors (Lipinski definition) is 1. The minimum atomic E-state index is 0.518. The maximum Gasteiger partial charge on any atom is 0.161 e. The van der Waals surface area contributed by atoms with Crippen LogP contribution in [0.3, 0.4) is 0 Å². The Bertz CT molecular complexity index is 464. The molecule has 3 heteroatoms. The van der Waals surface area contributed by atoms with E-state index in [4.69, 9.17) is 9.47 Å². The van der Waals surface area contributed by atoms with Crippen LogP contribution in [0, 0.1) is 0 Å². The Kier molecular flexibility index (Phi) is 4.16. The number of fused-ring (bicyclic) bond motifs is 1. The number of ether oxygens (including phenoxy) is 2. The molecule has 1 saturated heterocycles. The summed E-state index contributed by atoms with van der Waals surface area (Å²) in [5, 5.41) is 3.52. The molecule has 110 valence electrons. The highest BCUT2D eigenvalue weighted by atomic mass is 16.5. The molecule has 0 saturated carbocycles. The van der Waals surface area contributed by atoms with Gasteiger partial charge in [-0.05, 0) is 54.5 Å². The molecule has 3 nitrogen and oxygen atoms in total. The number of hydrogen-bond acceptors (Lipinski definition) is 3. The van der Waals surface area contributed by atoms with Gasteiger partial charge in [0.1, 0.15) is 0 Å². The molecule has 1 aromatic carbocycles. The van der Waals surface area contributed by atoms with Crippen LogP contribution in [-0.4, -0.2) is 26.3 Å². The zero-order chi connectivity index (χ0) is 13.9. The molecule has 3 rings (SSSR count). The van der Waals surface area contributed by atoms with Crippen molar-refractivity contribution in [1.29, 1.82) is 0 Å². The summed E-state index contributed by atoms with van der Waals surface area (Å²) in [7, 11) is 0. The van der Waals surface area contributed by atoms with E-state index in [0.29, 0.717) is 11.8 Å². The van der Waals surface area contributed by atoms with E-state index in [1.165, 1.54) is 24.0 Å². The molecule has 0 radical (unpaired) electrons. The van der Waals surface area contributed by atoms with Crippen LogP contribution in [0.2, 0.25) is 0 Å². The first kappa shape index (κ1) is 13.7. The highest BCUT2D eigenvalue weighted by molar-refractivity contribution is 5.50. The fourth-order valence-corrected chi connectivity index (χ4v) is 3.21. The first-order valence-corrected chi connectivity index (χ1v) is 7.90. The van der Waals surface area contributed by atoms with E-state index in [-0.39, 0.29) is 0 Å². The summed E-state index contributed by atoms with van der Waals surface area (Å²) in [5.74, 6) is 2.99. The summed E-state index contributed by atoms with van der Waals surface area (Å²) < 4.78 is 11.7. The molecule has 0 spiro atoms. The summed E-state index contributed by atoms with van der Waals surface area (Å²) >= 11 is 0. The van der Waals surface area contributed by atoms with Crippen LogP contribution < -0.4 is 14.8 Å². The Hall–Kier alpha value is -1.22. The zero-order valence-electron chi connectivity index (χ0n) is 12.6. The number of benzene rings is 1. The van der Waals surface area contributed by atoms with E-state index in [1.54, 1.807) is 0 Å². The van der Waals surface area contributed by atoms with Crippen LogP contribution in [0.25, 0.3) is 0 Å².